The Kier molecular flexibility index (Phi) is 4.05. The molecule has 4 nitrogen and oxygen atoms in total. The summed E-state index contributed by atoms with van der Waals surface area (Å²) in [7, 11) is 0. The monoisotopic (exact) mass is 321 g/mol. The largest absolute Gasteiger partial charge is 0.441 e. The first-order valence-electron chi connectivity index (χ1n) is 8.23. The lowest BCUT2D eigenvalue weighted by Crippen LogP contribution is -2.38. The SMILES string of the molecule is O=CC1C=C(N2CCOCC2)Oc2c(-c3ccccc3)cccc21. The van der Waals surface area contributed by atoms with Gasteiger partial charge in [-0.2, -0.15) is 0 Å². The van der Waals surface area contributed by atoms with Crippen LogP contribution in [0.5, 0.6) is 5.75 Å². The van der Waals surface area contributed by atoms with Gasteiger partial charge >= 0.3 is 0 Å². The van der Waals surface area contributed by atoms with Crippen LogP contribution in [0, 0.1) is 0 Å². The third-order valence-corrected chi connectivity index (χ3v) is 4.49. The lowest BCUT2D eigenvalue weighted by molar-refractivity contribution is -0.108. The molecule has 4 heteroatoms. The molecule has 122 valence electrons. The number of hydrogen-bond donors (Lipinski definition) is 0. The number of para-hydroxylation sites is 1. The van der Waals surface area contributed by atoms with Crippen molar-refractivity contribution in [1.29, 1.82) is 0 Å². The first kappa shape index (κ1) is 15.0. The molecule has 2 aromatic carbocycles. The van der Waals surface area contributed by atoms with E-state index < -0.39 is 0 Å². The smallest absolute Gasteiger partial charge is 0.193 e. The number of rotatable bonds is 3. The summed E-state index contributed by atoms with van der Waals surface area (Å²) in [5.74, 6) is 1.26. The molecule has 1 saturated heterocycles. The van der Waals surface area contributed by atoms with Gasteiger partial charge in [0.1, 0.15) is 12.0 Å². The molecular formula is C20H19NO3. The van der Waals surface area contributed by atoms with E-state index in [9.17, 15) is 4.79 Å². The van der Waals surface area contributed by atoms with Crippen molar-refractivity contribution in [3.05, 3.63) is 66.1 Å². The third-order valence-electron chi connectivity index (χ3n) is 4.49. The molecule has 0 aliphatic carbocycles. The molecule has 0 N–H and O–H groups in total. The molecule has 2 aromatic rings. The van der Waals surface area contributed by atoms with Crippen LogP contribution in [0.15, 0.2) is 60.5 Å². The molecule has 4 rings (SSSR count). The lowest BCUT2D eigenvalue weighted by Gasteiger charge is -2.34. The zero-order valence-corrected chi connectivity index (χ0v) is 13.4. The van der Waals surface area contributed by atoms with Crippen LogP contribution in [0.25, 0.3) is 11.1 Å². The van der Waals surface area contributed by atoms with Crippen molar-refractivity contribution in [2.24, 2.45) is 0 Å². The predicted molar refractivity (Wildman–Crippen MR) is 91.8 cm³/mol. The van der Waals surface area contributed by atoms with Crippen LogP contribution in [0.2, 0.25) is 0 Å². The van der Waals surface area contributed by atoms with E-state index >= 15 is 0 Å². The first-order chi connectivity index (χ1) is 11.9. The molecule has 2 aliphatic rings. The Morgan fingerprint density at radius 2 is 1.79 bits per heavy atom. The highest BCUT2D eigenvalue weighted by atomic mass is 16.5. The van der Waals surface area contributed by atoms with Crippen LogP contribution < -0.4 is 4.74 Å². The van der Waals surface area contributed by atoms with Gasteiger partial charge in [-0.15, -0.1) is 0 Å². The van der Waals surface area contributed by atoms with Crippen LogP contribution >= 0.6 is 0 Å². The number of nitrogens with zero attached hydrogens (tertiary/aromatic N) is 1. The van der Waals surface area contributed by atoms with Crippen molar-refractivity contribution in [1.82, 2.24) is 4.90 Å². The molecule has 2 aliphatic heterocycles. The maximum Gasteiger partial charge on any atom is 0.193 e. The van der Waals surface area contributed by atoms with Crippen LogP contribution in [0.1, 0.15) is 11.5 Å². The molecule has 1 atom stereocenters. The predicted octanol–water partition coefficient (Wildman–Crippen LogP) is 3.20. The molecule has 0 saturated carbocycles. The fourth-order valence-electron chi connectivity index (χ4n) is 3.22. The molecule has 1 unspecified atom stereocenters. The van der Waals surface area contributed by atoms with Crippen LogP contribution in [-0.2, 0) is 9.53 Å². The summed E-state index contributed by atoms with van der Waals surface area (Å²) >= 11 is 0. The Morgan fingerprint density at radius 3 is 2.54 bits per heavy atom. The second-order valence-corrected chi connectivity index (χ2v) is 5.96. The van der Waals surface area contributed by atoms with E-state index in [-0.39, 0.29) is 5.92 Å². The molecule has 0 aromatic heterocycles. The number of morpholine rings is 1. The molecule has 0 spiro atoms. The summed E-state index contributed by atoms with van der Waals surface area (Å²) in [6, 6.07) is 16.1. The fraction of sp³-hybridized carbons (Fsp3) is 0.250. The van der Waals surface area contributed by atoms with Gasteiger partial charge in [0.05, 0.1) is 19.1 Å². The third kappa shape index (κ3) is 2.69. The number of allylic oxidation sites excluding steroid dienone is 1. The summed E-state index contributed by atoms with van der Waals surface area (Å²) in [5, 5.41) is 0. The highest BCUT2D eigenvalue weighted by molar-refractivity contribution is 5.78. The average molecular weight is 321 g/mol. The van der Waals surface area contributed by atoms with E-state index in [4.69, 9.17) is 9.47 Å². The highest BCUT2D eigenvalue weighted by Crippen LogP contribution is 2.41. The standard InChI is InChI=1S/C20H19NO3/c22-14-16-13-19(21-9-11-23-12-10-21)24-20-17(7-4-8-18(16)20)15-5-2-1-3-6-15/h1-8,13-14,16H,9-12H2. The Labute approximate surface area is 141 Å². The van der Waals surface area contributed by atoms with E-state index in [1.165, 1.54) is 0 Å². The summed E-state index contributed by atoms with van der Waals surface area (Å²) in [4.78, 5) is 13.8. The number of aldehydes is 1. The molecule has 2 heterocycles. The topological polar surface area (TPSA) is 38.8 Å². The van der Waals surface area contributed by atoms with Crippen molar-refractivity contribution in [2.45, 2.75) is 5.92 Å². The minimum Gasteiger partial charge on any atom is -0.441 e. The van der Waals surface area contributed by atoms with Gasteiger partial charge in [0, 0.05) is 24.2 Å². The zero-order chi connectivity index (χ0) is 16.4. The Hall–Kier alpha value is -2.59. The van der Waals surface area contributed by atoms with E-state index in [1.807, 2.05) is 42.5 Å². The summed E-state index contributed by atoms with van der Waals surface area (Å²) in [6.45, 7) is 2.92. The van der Waals surface area contributed by atoms with E-state index in [2.05, 4.69) is 17.0 Å². The van der Waals surface area contributed by atoms with E-state index in [0.29, 0.717) is 13.2 Å². The van der Waals surface area contributed by atoms with Crippen LogP contribution in [0.4, 0.5) is 0 Å². The normalized spacial score (nSPS) is 19.9. The lowest BCUT2D eigenvalue weighted by atomic mass is 9.92. The number of benzene rings is 2. The van der Waals surface area contributed by atoms with Gasteiger partial charge in [0.2, 0.25) is 0 Å². The number of hydrogen-bond acceptors (Lipinski definition) is 4. The van der Waals surface area contributed by atoms with Crippen molar-refractivity contribution in [3.8, 4) is 16.9 Å². The molecule has 0 radical (unpaired) electrons. The summed E-state index contributed by atoms with van der Waals surface area (Å²) in [5.41, 5.74) is 3.02. The molecular weight excluding hydrogens is 302 g/mol. The molecule has 24 heavy (non-hydrogen) atoms. The Morgan fingerprint density at radius 1 is 1.00 bits per heavy atom. The number of carbonyl (C=O) groups is 1. The highest BCUT2D eigenvalue weighted by Gasteiger charge is 2.27. The molecule has 0 amide bonds. The van der Waals surface area contributed by atoms with Crippen molar-refractivity contribution < 1.29 is 14.3 Å². The second-order valence-electron chi connectivity index (χ2n) is 5.96. The van der Waals surface area contributed by atoms with Crippen molar-refractivity contribution in [2.75, 3.05) is 26.3 Å². The van der Waals surface area contributed by atoms with Gasteiger partial charge in [-0.05, 0) is 11.6 Å². The first-order valence-corrected chi connectivity index (χ1v) is 8.23. The van der Waals surface area contributed by atoms with Crippen molar-refractivity contribution >= 4 is 6.29 Å². The van der Waals surface area contributed by atoms with Gasteiger partial charge in [0.15, 0.2) is 5.88 Å². The van der Waals surface area contributed by atoms with Crippen LogP contribution in [0.3, 0.4) is 0 Å². The minimum absolute atomic E-state index is 0.282. The summed E-state index contributed by atoms with van der Waals surface area (Å²) in [6.07, 6.45) is 2.89. The summed E-state index contributed by atoms with van der Waals surface area (Å²) < 4.78 is 11.7. The van der Waals surface area contributed by atoms with Gasteiger partial charge in [-0.25, -0.2) is 0 Å². The van der Waals surface area contributed by atoms with E-state index in [0.717, 1.165) is 47.7 Å². The fourth-order valence-corrected chi connectivity index (χ4v) is 3.22. The minimum atomic E-state index is -0.282. The quantitative estimate of drug-likeness (QED) is 0.814. The Balaban J connectivity index is 1.76. The Bertz CT molecular complexity index is 764. The van der Waals surface area contributed by atoms with Gasteiger partial charge in [-0.3, -0.25) is 0 Å². The van der Waals surface area contributed by atoms with Gasteiger partial charge in [0.25, 0.3) is 0 Å². The average Bonchev–Trinajstić information content (AvgIpc) is 2.68. The maximum atomic E-state index is 11.7. The number of ether oxygens (including phenoxy) is 2. The number of fused-ring (bicyclic) bond motifs is 1. The van der Waals surface area contributed by atoms with Gasteiger partial charge in [-0.1, -0.05) is 48.5 Å². The van der Waals surface area contributed by atoms with E-state index in [1.54, 1.807) is 0 Å². The molecule has 1 fully saturated rings. The molecule has 0 bridgehead atoms. The second kappa shape index (κ2) is 6.49. The maximum absolute atomic E-state index is 11.7. The van der Waals surface area contributed by atoms with Crippen LogP contribution in [-0.4, -0.2) is 37.5 Å². The van der Waals surface area contributed by atoms with Crippen molar-refractivity contribution in [3.63, 3.8) is 0 Å². The zero-order valence-electron chi connectivity index (χ0n) is 13.4. The van der Waals surface area contributed by atoms with Gasteiger partial charge < -0.3 is 19.2 Å². The number of carbonyl (C=O) groups excluding carboxylic acids is 1.